The average Bonchev–Trinajstić information content (AvgIpc) is 4.01. The number of benzene rings is 2. The van der Waals surface area contributed by atoms with Crippen LogP contribution < -0.4 is 10.9 Å². The van der Waals surface area contributed by atoms with E-state index in [0.717, 1.165) is 12.7 Å². The van der Waals surface area contributed by atoms with E-state index in [0.29, 0.717) is 11.1 Å². The van der Waals surface area contributed by atoms with E-state index in [1.54, 1.807) is 60.7 Å². The second-order valence-electron chi connectivity index (χ2n) is 13.5. The predicted octanol–water partition coefficient (Wildman–Crippen LogP) is 4.01. The van der Waals surface area contributed by atoms with Crippen LogP contribution in [0.15, 0.2) is 86.0 Å². The van der Waals surface area contributed by atoms with Crippen molar-refractivity contribution in [1.82, 2.24) is 39.3 Å². The van der Waals surface area contributed by atoms with Crippen molar-refractivity contribution in [3.63, 3.8) is 0 Å². The van der Waals surface area contributed by atoms with Crippen LogP contribution in [0.4, 0.5) is 8.78 Å². The molecular weight excluding hydrogens is 873 g/mol. The van der Waals surface area contributed by atoms with Crippen LogP contribution in [0.1, 0.15) is 44.3 Å². The van der Waals surface area contributed by atoms with Gasteiger partial charge in [0.25, 0.3) is 11.8 Å². The number of carbonyl (C=O) groups excluding carboxylic acids is 2. The minimum absolute atomic E-state index is 0.0359. The monoisotopic (exact) mass is 904 g/mol. The van der Waals surface area contributed by atoms with Gasteiger partial charge in [-0.15, -0.1) is 0 Å². The molecule has 2 amide bonds. The molecule has 0 aliphatic carbocycles. The molecule has 6 aromatic rings. The van der Waals surface area contributed by atoms with Gasteiger partial charge in [0.15, 0.2) is 35.8 Å². The first kappa shape index (κ1) is 41.0. The minimum Gasteiger partial charge on any atom is -0.360 e. The van der Waals surface area contributed by atoms with Crippen molar-refractivity contribution in [3.8, 4) is 0 Å². The molecule has 0 spiro atoms. The molecule has 4 N–H and O–H groups in total. The summed E-state index contributed by atoms with van der Waals surface area (Å²) >= 11 is 8.38. The molecular formula is C34H32F2N10O10P2S2+2. The van der Waals surface area contributed by atoms with Gasteiger partial charge in [-0.2, -0.15) is 27.9 Å². The second kappa shape index (κ2) is 16.5. The first-order valence-corrected chi connectivity index (χ1v) is 23.3. The SMILES string of the molecule is O=C(Nn1cnc2c(C3OC4CO[P+](O)(S)OC5C(CO[P+](O)(S)OC4C3F)OC(c3ncnc4c3ncn4NC(=O)c3ccccc3)C5F)ncnc21)c1ccccc1. The third-order valence-corrected chi connectivity index (χ3v) is 13.0. The van der Waals surface area contributed by atoms with E-state index >= 15 is 8.78 Å². The van der Waals surface area contributed by atoms with Crippen LogP contribution in [-0.4, -0.2) is 111 Å². The molecule has 3 aliphatic heterocycles. The maximum absolute atomic E-state index is 16.6. The molecule has 3 aliphatic rings. The summed E-state index contributed by atoms with van der Waals surface area (Å²) in [5.41, 5.74) is 6.35. The zero-order chi connectivity index (χ0) is 41.8. The highest BCUT2D eigenvalue weighted by molar-refractivity contribution is 8.47. The van der Waals surface area contributed by atoms with Crippen molar-refractivity contribution in [2.75, 3.05) is 24.1 Å². The van der Waals surface area contributed by atoms with Crippen LogP contribution in [0.25, 0.3) is 22.3 Å². The van der Waals surface area contributed by atoms with Gasteiger partial charge in [0, 0.05) is 11.1 Å². The van der Waals surface area contributed by atoms with E-state index < -0.39 is 88.3 Å². The summed E-state index contributed by atoms with van der Waals surface area (Å²) in [6.07, 6.45) is -8.44. The van der Waals surface area contributed by atoms with Gasteiger partial charge in [0.05, 0.1) is 24.5 Å². The van der Waals surface area contributed by atoms with E-state index in [-0.39, 0.29) is 33.7 Å². The summed E-state index contributed by atoms with van der Waals surface area (Å²) in [6.45, 7) is -1.29. The van der Waals surface area contributed by atoms with Gasteiger partial charge >= 0.3 is 14.3 Å². The molecule has 10 atom stereocenters. The third-order valence-electron chi connectivity index (χ3n) is 9.69. The van der Waals surface area contributed by atoms with E-state index in [1.807, 2.05) is 0 Å². The normalized spacial score (nSPS) is 30.9. The highest BCUT2D eigenvalue weighted by Gasteiger charge is 2.60. The lowest BCUT2D eigenvalue weighted by Gasteiger charge is -2.25. The number of rotatable bonds is 6. The summed E-state index contributed by atoms with van der Waals surface area (Å²) in [5, 5.41) is 0. The second-order valence-corrected chi connectivity index (χ2v) is 19.4. The Labute approximate surface area is 348 Å². The number of aromatic nitrogens is 8. The van der Waals surface area contributed by atoms with Gasteiger partial charge in [-0.1, -0.05) is 36.4 Å². The Morgan fingerprint density at radius 2 is 1.05 bits per heavy atom. The molecule has 0 saturated carbocycles. The standard InChI is InChI=1S/C34H30F2N10O10P2S2/c35-21-27-19(53-29(21)23-25-31(39-13-37-23)45(15-41-25)43-33(47)17-7-3-1-4-8-17)11-51-58(50,60)56-28-20(12-52-57(49,59)55-27)54-30(22(28)36)24-26-32(40-14-38-24)46(16-42-26)44-34(48)18-9-5-2-6-10-18/h1-10,13-16,19-22,27-30,49-50,59-60H,11-12H2/p+2. The van der Waals surface area contributed by atoms with Gasteiger partial charge in [0.1, 0.15) is 85.4 Å². The molecule has 2 aromatic carbocycles. The highest BCUT2D eigenvalue weighted by Crippen LogP contribution is 2.67. The number of nitrogens with zero attached hydrogens (tertiary/aromatic N) is 8. The van der Waals surface area contributed by atoms with Crippen LogP contribution in [0.3, 0.4) is 0 Å². The Morgan fingerprint density at radius 3 is 1.45 bits per heavy atom. The molecule has 9 rings (SSSR count). The van der Waals surface area contributed by atoms with Crippen molar-refractivity contribution in [3.05, 3.63) is 108 Å². The van der Waals surface area contributed by atoms with Gasteiger partial charge in [-0.25, -0.2) is 48.0 Å². The smallest absolute Gasteiger partial charge is 0.360 e. The Balaban J connectivity index is 0.937. The number of nitrogens with one attached hydrogen (secondary N) is 2. The van der Waals surface area contributed by atoms with Gasteiger partial charge in [0.2, 0.25) is 0 Å². The first-order chi connectivity index (χ1) is 28.9. The van der Waals surface area contributed by atoms with Crippen LogP contribution in [0.2, 0.25) is 0 Å². The van der Waals surface area contributed by atoms with E-state index in [4.69, 9.17) is 27.6 Å². The molecule has 4 aromatic heterocycles. The molecule has 7 heterocycles. The largest absolute Gasteiger partial charge is 0.476 e. The Kier molecular flexibility index (Phi) is 11.2. The quantitative estimate of drug-likeness (QED) is 0.102. The highest BCUT2D eigenvalue weighted by atomic mass is 32.7. The Bertz CT molecular complexity index is 2380. The molecule has 60 heavy (non-hydrogen) atoms. The summed E-state index contributed by atoms with van der Waals surface area (Å²) in [5.74, 6) is -0.928. The molecule has 20 nitrogen and oxygen atoms in total. The van der Waals surface area contributed by atoms with Crippen molar-refractivity contribution in [2.45, 2.75) is 49.0 Å². The fraction of sp³-hybridized carbons (Fsp3) is 0.294. The molecule has 26 heteroatoms. The van der Waals surface area contributed by atoms with Crippen LogP contribution in [0, 0.1) is 0 Å². The maximum Gasteiger partial charge on any atom is 0.476 e. The molecule has 3 fully saturated rings. The van der Waals surface area contributed by atoms with Gasteiger partial charge < -0.3 is 9.47 Å². The number of hydrogen-bond acceptors (Lipinski definition) is 18. The summed E-state index contributed by atoms with van der Waals surface area (Å²) in [7, 11) is -8.53. The molecule has 312 valence electrons. The fourth-order valence-electron chi connectivity index (χ4n) is 6.92. The van der Waals surface area contributed by atoms with Crippen LogP contribution >= 0.6 is 38.8 Å². The number of ether oxygens (including phenoxy) is 2. The molecule has 0 radical (unpaired) electrons. The number of carbonyl (C=O) groups is 2. The first-order valence-electron chi connectivity index (χ1n) is 17.9. The predicted molar refractivity (Wildman–Crippen MR) is 214 cm³/mol. The topological polar surface area (TPSA) is 241 Å². The van der Waals surface area contributed by atoms with E-state index in [9.17, 15) is 19.4 Å². The summed E-state index contributed by atoms with van der Waals surface area (Å²) in [6, 6.07) is 16.8. The van der Waals surface area contributed by atoms with Crippen molar-refractivity contribution in [1.29, 1.82) is 0 Å². The van der Waals surface area contributed by atoms with Gasteiger partial charge in [-0.05, 0) is 24.3 Å². The van der Waals surface area contributed by atoms with E-state index in [2.05, 4.69) is 65.3 Å². The third kappa shape index (κ3) is 8.06. The number of thiol groups is 2. The minimum atomic E-state index is -4.26. The van der Waals surface area contributed by atoms with Gasteiger partial charge in [-0.3, -0.25) is 20.4 Å². The number of hydrogen-bond donors (Lipinski definition) is 6. The average molecular weight is 905 g/mol. The zero-order valence-electron chi connectivity index (χ0n) is 30.4. The van der Waals surface area contributed by atoms with Crippen LogP contribution in [0.5, 0.6) is 0 Å². The molecule has 0 bridgehead atoms. The zero-order valence-corrected chi connectivity index (χ0v) is 34.0. The summed E-state index contributed by atoms with van der Waals surface area (Å²) < 4.78 is 70.4. The Morgan fingerprint density at radius 1 is 0.650 bits per heavy atom. The summed E-state index contributed by atoms with van der Waals surface area (Å²) in [4.78, 5) is 73.6. The lowest BCUT2D eigenvalue weighted by Crippen LogP contribution is -2.37. The fourth-order valence-corrected chi connectivity index (χ4v) is 9.91. The number of imidazole rings is 2. The Hall–Kier alpha value is -4.42. The number of fused-ring (bicyclic) bond motifs is 4. The lowest BCUT2D eigenvalue weighted by molar-refractivity contribution is -0.0437. The number of alkyl halides is 2. The molecule has 3 saturated heterocycles. The van der Waals surface area contributed by atoms with Crippen molar-refractivity contribution in [2.24, 2.45) is 0 Å². The lowest BCUT2D eigenvalue weighted by atomic mass is 10.1. The number of halogens is 2. The maximum atomic E-state index is 16.6. The van der Waals surface area contributed by atoms with Crippen LogP contribution in [-0.2, 0) is 27.6 Å². The van der Waals surface area contributed by atoms with E-state index in [1.165, 1.54) is 22.0 Å². The van der Waals surface area contributed by atoms with Crippen molar-refractivity contribution < 1.29 is 55.7 Å². The molecule has 10 unspecified atom stereocenters. The van der Waals surface area contributed by atoms with Crippen molar-refractivity contribution >= 4 is 72.9 Å². The number of amides is 2.